The summed E-state index contributed by atoms with van der Waals surface area (Å²) in [7, 11) is 0. The normalized spacial score (nSPS) is 23.6. The topological polar surface area (TPSA) is 24.5 Å². The van der Waals surface area contributed by atoms with Gasteiger partial charge in [-0.3, -0.25) is 9.64 Å². The Bertz CT molecular complexity index is 211. The van der Waals surface area contributed by atoms with Crippen molar-refractivity contribution in [1.29, 1.82) is 0 Å². The molecule has 1 heterocycles. The second kappa shape index (κ2) is 7.18. The molecular formula is C11H21F3N2O. The molecule has 3 nitrogen and oxygen atoms in total. The lowest BCUT2D eigenvalue weighted by Crippen LogP contribution is -2.39. The molecule has 0 radical (unpaired) electrons. The summed E-state index contributed by atoms with van der Waals surface area (Å²) in [5, 5.41) is 3.41. The van der Waals surface area contributed by atoms with Gasteiger partial charge in [-0.1, -0.05) is 13.3 Å². The van der Waals surface area contributed by atoms with Gasteiger partial charge in [0.25, 0.3) is 0 Å². The molecule has 1 aliphatic rings. The Balaban J connectivity index is 2.26. The van der Waals surface area contributed by atoms with E-state index in [-0.39, 0.29) is 6.61 Å². The smallest absolute Gasteiger partial charge is 0.313 e. The number of ether oxygens (including phenoxy) is 1. The van der Waals surface area contributed by atoms with Crippen molar-refractivity contribution in [2.75, 3.05) is 32.8 Å². The second-order valence-corrected chi connectivity index (χ2v) is 4.39. The van der Waals surface area contributed by atoms with Crippen LogP contribution in [0.1, 0.15) is 26.2 Å². The largest absolute Gasteiger partial charge is 0.522 e. The number of hydrogen-bond acceptors (Lipinski definition) is 3. The fraction of sp³-hybridized carbons (Fsp3) is 1.00. The molecule has 0 bridgehead atoms. The predicted molar refractivity (Wildman–Crippen MR) is 59.8 cm³/mol. The highest BCUT2D eigenvalue weighted by Crippen LogP contribution is 2.16. The molecule has 1 unspecified atom stereocenters. The van der Waals surface area contributed by atoms with Gasteiger partial charge < -0.3 is 5.32 Å². The van der Waals surface area contributed by atoms with Gasteiger partial charge in [0.1, 0.15) is 0 Å². The molecule has 1 fully saturated rings. The molecular weight excluding hydrogens is 233 g/mol. The van der Waals surface area contributed by atoms with Gasteiger partial charge >= 0.3 is 6.36 Å². The summed E-state index contributed by atoms with van der Waals surface area (Å²) in [6, 6.07) is 0.397. The Morgan fingerprint density at radius 2 is 2.18 bits per heavy atom. The highest BCUT2D eigenvalue weighted by atomic mass is 19.4. The van der Waals surface area contributed by atoms with Gasteiger partial charge in [0.15, 0.2) is 0 Å². The van der Waals surface area contributed by atoms with Crippen molar-refractivity contribution in [2.24, 2.45) is 0 Å². The molecule has 0 aromatic carbocycles. The fourth-order valence-corrected chi connectivity index (χ4v) is 2.11. The number of hydrogen-bond donors (Lipinski definition) is 1. The molecule has 0 amide bonds. The third-order valence-corrected chi connectivity index (χ3v) is 2.87. The standard InChI is InChI=1S/C11H21F3N2O/c1-2-4-10-9-16(6-3-5-15-10)7-8-17-11(12,13)14/h10,15H,2-9H2,1H3. The Morgan fingerprint density at radius 1 is 1.41 bits per heavy atom. The van der Waals surface area contributed by atoms with Gasteiger partial charge in [0.05, 0.1) is 6.61 Å². The number of alkyl halides is 3. The minimum Gasteiger partial charge on any atom is -0.313 e. The lowest BCUT2D eigenvalue weighted by atomic mass is 10.1. The van der Waals surface area contributed by atoms with Gasteiger partial charge in [-0.05, 0) is 25.9 Å². The zero-order valence-electron chi connectivity index (χ0n) is 10.2. The van der Waals surface area contributed by atoms with E-state index in [1.165, 1.54) is 0 Å². The Morgan fingerprint density at radius 3 is 2.82 bits per heavy atom. The van der Waals surface area contributed by atoms with Crippen molar-refractivity contribution >= 4 is 0 Å². The average molecular weight is 254 g/mol. The van der Waals surface area contributed by atoms with Crippen molar-refractivity contribution in [3.8, 4) is 0 Å². The molecule has 102 valence electrons. The minimum absolute atomic E-state index is 0.275. The molecule has 1 N–H and O–H groups in total. The third-order valence-electron chi connectivity index (χ3n) is 2.87. The summed E-state index contributed by atoms with van der Waals surface area (Å²) in [6.45, 7) is 4.79. The molecule has 1 atom stereocenters. The van der Waals surface area contributed by atoms with E-state index in [1.54, 1.807) is 0 Å². The molecule has 6 heteroatoms. The first-order chi connectivity index (χ1) is 8.01. The summed E-state index contributed by atoms with van der Waals surface area (Å²) < 4.78 is 39.3. The SMILES string of the molecule is CCCC1CN(CCOC(F)(F)F)CCCN1. The number of nitrogens with one attached hydrogen (secondary N) is 1. The van der Waals surface area contributed by atoms with Gasteiger partial charge in [0.2, 0.25) is 0 Å². The van der Waals surface area contributed by atoms with Crippen LogP contribution in [0.4, 0.5) is 13.2 Å². The van der Waals surface area contributed by atoms with E-state index in [2.05, 4.69) is 17.0 Å². The molecule has 1 saturated heterocycles. The zero-order valence-corrected chi connectivity index (χ0v) is 10.2. The molecule has 1 rings (SSSR count). The number of halogens is 3. The highest BCUT2D eigenvalue weighted by Gasteiger charge is 2.29. The highest BCUT2D eigenvalue weighted by molar-refractivity contribution is 4.76. The van der Waals surface area contributed by atoms with Crippen LogP contribution < -0.4 is 5.32 Å². The zero-order chi connectivity index (χ0) is 12.7. The van der Waals surface area contributed by atoms with Gasteiger partial charge in [-0.25, -0.2) is 0 Å². The van der Waals surface area contributed by atoms with Crippen molar-refractivity contribution < 1.29 is 17.9 Å². The van der Waals surface area contributed by atoms with E-state index in [9.17, 15) is 13.2 Å². The lowest BCUT2D eigenvalue weighted by molar-refractivity contribution is -0.325. The molecule has 17 heavy (non-hydrogen) atoms. The van der Waals surface area contributed by atoms with Crippen LogP contribution in [-0.2, 0) is 4.74 Å². The molecule has 0 aromatic rings. The molecule has 0 spiro atoms. The molecule has 1 aliphatic heterocycles. The molecule has 0 aromatic heterocycles. The molecule has 0 saturated carbocycles. The maximum absolute atomic E-state index is 11.8. The maximum Gasteiger partial charge on any atom is 0.522 e. The van der Waals surface area contributed by atoms with E-state index < -0.39 is 6.36 Å². The maximum atomic E-state index is 11.8. The van der Waals surface area contributed by atoms with Crippen LogP contribution in [-0.4, -0.2) is 50.1 Å². The summed E-state index contributed by atoms with van der Waals surface area (Å²) in [4.78, 5) is 2.05. The van der Waals surface area contributed by atoms with Gasteiger partial charge in [0, 0.05) is 19.1 Å². The average Bonchev–Trinajstić information content (AvgIpc) is 2.42. The van der Waals surface area contributed by atoms with Crippen LogP contribution in [0.25, 0.3) is 0 Å². The number of nitrogens with zero attached hydrogens (tertiary/aromatic N) is 1. The van der Waals surface area contributed by atoms with Crippen LogP contribution in [0.2, 0.25) is 0 Å². The van der Waals surface area contributed by atoms with Crippen molar-refractivity contribution in [2.45, 2.75) is 38.6 Å². The first-order valence-corrected chi connectivity index (χ1v) is 6.17. The Kier molecular flexibility index (Phi) is 6.22. The predicted octanol–water partition coefficient (Wildman–Crippen LogP) is 1.99. The quantitative estimate of drug-likeness (QED) is 0.812. The van der Waals surface area contributed by atoms with E-state index in [0.29, 0.717) is 12.6 Å². The van der Waals surface area contributed by atoms with E-state index in [1.807, 2.05) is 4.90 Å². The van der Waals surface area contributed by atoms with Crippen LogP contribution in [0, 0.1) is 0 Å². The summed E-state index contributed by atoms with van der Waals surface area (Å²) in [5.41, 5.74) is 0. The van der Waals surface area contributed by atoms with Crippen LogP contribution in [0.3, 0.4) is 0 Å². The lowest BCUT2D eigenvalue weighted by Gasteiger charge is -2.24. The van der Waals surface area contributed by atoms with E-state index in [0.717, 1.165) is 38.9 Å². The summed E-state index contributed by atoms with van der Waals surface area (Å²) in [6.07, 6.45) is -1.37. The van der Waals surface area contributed by atoms with E-state index >= 15 is 0 Å². The fourth-order valence-electron chi connectivity index (χ4n) is 2.11. The monoisotopic (exact) mass is 254 g/mol. The Labute approximate surface area is 100 Å². The third kappa shape index (κ3) is 6.85. The minimum atomic E-state index is -4.51. The van der Waals surface area contributed by atoms with Crippen LogP contribution in [0.5, 0.6) is 0 Å². The Hall–Kier alpha value is -0.330. The van der Waals surface area contributed by atoms with Gasteiger partial charge in [-0.15, -0.1) is 13.2 Å². The van der Waals surface area contributed by atoms with Crippen molar-refractivity contribution in [1.82, 2.24) is 10.2 Å². The number of rotatable bonds is 5. The van der Waals surface area contributed by atoms with E-state index in [4.69, 9.17) is 0 Å². The first kappa shape index (κ1) is 14.7. The van der Waals surface area contributed by atoms with Crippen molar-refractivity contribution in [3.05, 3.63) is 0 Å². The summed E-state index contributed by atoms with van der Waals surface area (Å²) >= 11 is 0. The molecule has 0 aliphatic carbocycles. The summed E-state index contributed by atoms with van der Waals surface area (Å²) in [5.74, 6) is 0. The first-order valence-electron chi connectivity index (χ1n) is 6.17. The van der Waals surface area contributed by atoms with Gasteiger partial charge in [-0.2, -0.15) is 0 Å². The van der Waals surface area contributed by atoms with Crippen LogP contribution in [0.15, 0.2) is 0 Å². The second-order valence-electron chi connectivity index (χ2n) is 4.39. The van der Waals surface area contributed by atoms with Crippen molar-refractivity contribution in [3.63, 3.8) is 0 Å². The van der Waals surface area contributed by atoms with Crippen LogP contribution >= 0.6 is 0 Å².